The van der Waals surface area contributed by atoms with Crippen molar-refractivity contribution in [1.29, 1.82) is 0 Å². The highest BCUT2D eigenvalue weighted by atomic mass is 15.2. The molecule has 2 heteroatoms. The van der Waals surface area contributed by atoms with Crippen LogP contribution < -0.4 is 5.32 Å². The highest BCUT2D eigenvalue weighted by molar-refractivity contribution is 4.92. The van der Waals surface area contributed by atoms with Crippen molar-refractivity contribution in [3.8, 4) is 0 Å². The standard InChI is InChI=1S/C18H34N2/c1-2-7-16(19-15-8-3-4-9-15)14-20(17-10-5-11-17)18-12-6-13-18/h15-19H,2-14H2,1H3. The molecule has 3 aliphatic rings. The summed E-state index contributed by atoms with van der Waals surface area (Å²) < 4.78 is 0. The monoisotopic (exact) mass is 278 g/mol. The van der Waals surface area contributed by atoms with Crippen molar-refractivity contribution >= 4 is 0 Å². The SMILES string of the molecule is CCCC(CN(C1CCC1)C1CCC1)NC1CCCC1. The van der Waals surface area contributed by atoms with Gasteiger partial charge in [-0.3, -0.25) is 4.90 Å². The number of rotatable bonds is 8. The summed E-state index contributed by atoms with van der Waals surface area (Å²) in [6.45, 7) is 3.68. The number of nitrogens with one attached hydrogen (secondary N) is 1. The summed E-state index contributed by atoms with van der Waals surface area (Å²) in [4.78, 5) is 2.91. The summed E-state index contributed by atoms with van der Waals surface area (Å²) in [7, 11) is 0. The van der Waals surface area contributed by atoms with Crippen LogP contribution in [-0.4, -0.2) is 35.6 Å². The Hall–Kier alpha value is -0.0800. The number of hydrogen-bond acceptors (Lipinski definition) is 2. The Morgan fingerprint density at radius 3 is 1.95 bits per heavy atom. The molecule has 3 rings (SSSR count). The minimum absolute atomic E-state index is 0.754. The van der Waals surface area contributed by atoms with Crippen LogP contribution in [0.3, 0.4) is 0 Å². The molecule has 1 atom stereocenters. The first-order chi connectivity index (χ1) is 9.86. The highest BCUT2D eigenvalue weighted by Gasteiger charge is 2.35. The Bertz CT molecular complexity index is 263. The Morgan fingerprint density at radius 2 is 1.50 bits per heavy atom. The zero-order valence-corrected chi connectivity index (χ0v) is 13.4. The van der Waals surface area contributed by atoms with Crippen LogP contribution in [0, 0.1) is 0 Å². The van der Waals surface area contributed by atoms with Gasteiger partial charge in [0.25, 0.3) is 0 Å². The maximum absolute atomic E-state index is 4.01. The minimum Gasteiger partial charge on any atom is -0.310 e. The Balaban J connectivity index is 1.54. The Labute approximate surface area is 125 Å². The van der Waals surface area contributed by atoms with Gasteiger partial charge in [-0.25, -0.2) is 0 Å². The fourth-order valence-corrected chi connectivity index (χ4v) is 4.29. The summed E-state index contributed by atoms with van der Waals surface area (Å²) >= 11 is 0. The normalized spacial score (nSPS) is 26.7. The summed E-state index contributed by atoms with van der Waals surface area (Å²) in [6, 6.07) is 3.45. The molecule has 0 aromatic carbocycles. The van der Waals surface area contributed by atoms with Crippen molar-refractivity contribution in [2.45, 2.75) is 108 Å². The summed E-state index contributed by atoms with van der Waals surface area (Å²) in [5, 5.41) is 4.01. The van der Waals surface area contributed by atoms with E-state index in [9.17, 15) is 0 Å². The van der Waals surface area contributed by atoms with Gasteiger partial charge in [0.1, 0.15) is 0 Å². The molecule has 0 heterocycles. The molecular formula is C18H34N2. The van der Waals surface area contributed by atoms with Gasteiger partial charge in [-0.1, -0.05) is 39.0 Å². The molecule has 3 aliphatic carbocycles. The fraction of sp³-hybridized carbons (Fsp3) is 1.00. The molecule has 0 amide bonds. The predicted octanol–water partition coefficient (Wildman–Crippen LogP) is 4.09. The predicted molar refractivity (Wildman–Crippen MR) is 86.1 cm³/mol. The molecular weight excluding hydrogens is 244 g/mol. The van der Waals surface area contributed by atoms with Crippen LogP contribution in [0.5, 0.6) is 0 Å². The summed E-state index contributed by atoms with van der Waals surface area (Å²) in [5.74, 6) is 0. The molecule has 3 fully saturated rings. The fourth-order valence-electron chi connectivity index (χ4n) is 4.29. The van der Waals surface area contributed by atoms with Crippen molar-refractivity contribution < 1.29 is 0 Å². The number of nitrogens with zero attached hydrogens (tertiary/aromatic N) is 1. The minimum atomic E-state index is 0.754. The third-order valence-corrected chi connectivity index (χ3v) is 5.98. The molecule has 20 heavy (non-hydrogen) atoms. The van der Waals surface area contributed by atoms with E-state index < -0.39 is 0 Å². The van der Waals surface area contributed by atoms with Gasteiger partial charge in [-0.05, 0) is 44.9 Å². The van der Waals surface area contributed by atoms with Crippen LogP contribution in [0.4, 0.5) is 0 Å². The Kier molecular flexibility index (Phi) is 5.39. The zero-order chi connectivity index (χ0) is 13.8. The molecule has 0 aromatic rings. The maximum Gasteiger partial charge on any atom is 0.0197 e. The lowest BCUT2D eigenvalue weighted by molar-refractivity contribution is 0.0299. The van der Waals surface area contributed by atoms with Crippen molar-refractivity contribution in [3.63, 3.8) is 0 Å². The van der Waals surface area contributed by atoms with Crippen molar-refractivity contribution in [1.82, 2.24) is 10.2 Å². The van der Waals surface area contributed by atoms with Gasteiger partial charge in [-0.15, -0.1) is 0 Å². The van der Waals surface area contributed by atoms with Crippen LogP contribution in [0.2, 0.25) is 0 Å². The first-order valence-corrected chi connectivity index (χ1v) is 9.38. The van der Waals surface area contributed by atoms with Gasteiger partial charge in [0.15, 0.2) is 0 Å². The van der Waals surface area contributed by atoms with Gasteiger partial charge in [0.05, 0.1) is 0 Å². The average molecular weight is 278 g/mol. The lowest BCUT2D eigenvalue weighted by Crippen LogP contribution is -2.55. The average Bonchev–Trinajstić information content (AvgIpc) is 2.77. The second-order valence-electron chi connectivity index (χ2n) is 7.50. The maximum atomic E-state index is 4.01. The van der Waals surface area contributed by atoms with Crippen LogP contribution in [-0.2, 0) is 0 Å². The van der Waals surface area contributed by atoms with Crippen LogP contribution in [0.15, 0.2) is 0 Å². The quantitative estimate of drug-likeness (QED) is 0.719. The molecule has 3 saturated carbocycles. The third kappa shape index (κ3) is 3.57. The molecule has 0 bridgehead atoms. The van der Waals surface area contributed by atoms with E-state index in [0.717, 1.165) is 24.2 Å². The van der Waals surface area contributed by atoms with Crippen molar-refractivity contribution in [3.05, 3.63) is 0 Å². The van der Waals surface area contributed by atoms with Crippen molar-refractivity contribution in [2.75, 3.05) is 6.54 Å². The molecule has 0 radical (unpaired) electrons. The van der Waals surface area contributed by atoms with E-state index in [0.29, 0.717) is 0 Å². The van der Waals surface area contributed by atoms with Gasteiger partial charge in [0.2, 0.25) is 0 Å². The van der Waals surface area contributed by atoms with Crippen LogP contribution in [0.25, 0.3) is 0 Å². The highest BCUT2D eigenvalue weighted by Crippen LogP contribution is 2.34. The summed E-state index contributed by atoms with van der Waals surface area (Å²) in [5.41, 5.74) is 0. The van der Waals surface area contributed by atoms with Crippen LogP contribution >= 0.6 is 0 Å². The zero-order valence-electron chi connectivity index (χ0n) is 13.4. The lowest BCUT2D eigenvalue weighted by atomic mass is 9.84. The van der Waals surface area contributed by atoms with E-state index in [1.54, 1.807) is 0 Å². The molecule has 1 unspecified atom stereocenters. The van der Waals surface area contributed by atoms with E-state index in [1.165, 1.54) is 83.6 Å². The second kappa shape index (κ2) is 7.26. The van der Waals surface area contributed by atoms with E-state index in [1.807, 2.05) is 0 Å². The molecule has 116 valence electrons. The molecule has 0 aliphatic heterocycles. The third-order valence-electron chi connectivity index (χ3n) is 5.98. The Morgan fingerprint density at radius 1 is 0.900 bits per heavy atom. The van der Waals surface area contributed by atoms with Crippen molar-refractivity contribution in [2.24, 2.45) is 0 Å². The molecule has 2 nitrogen and oxygen atoms in total. The van der Waals surface area contributed by atoms with Crippen LogP contribution in [0.1, 0.15) is 84.0 Å². The molecule has 0 aromatic heterocycles. The molecule has 1 N–H and O–H groups in total. The second-order valence-corrected chi connectivity index (χ2v) is 7.50. The van der Waals surface area contributed by atoms with Gasteiger partial charge >= 0.3 is 0 Å². The van der Waals surface area contributed by atoms with E-state index >= 15 is 0 Å². The molecule has 0 saturated heterocycles. The van der Waals surface area contributed by atoms with Gasteiger partial charge in [0, 0.05) is 30.7 Å². The van der Waals surface area contributed by atoms with E-state index in [4.69, 9.17) is 0 Å². The topological polar surface area (TPSA) is 15.3 Å². The summed E-state index contributed by atoms with van der Waals surface area (Å²) in [6.07, 6.45) is 17.3. The number of hydrogen-bond donors (Lipinski definition) is 1. The first kappa shape index (κ1) is 14.8. The lowest BCUT2D eigenvalue weighted by Gasteiger charge is -2.47. The van der Waals surface area contributed by atoms with E-state index in [-0.39, 0.29) is 0 Å². The van der Waals surface area contributed by atoms with Gasteiger partial charge < -0.3 is 5.32 Å². The smallest absolute Gasteiger partial charge is 0.0197 e. The van der Waals surface area contributed by atoms with E-state index in [2.05, 4.69) is 17.1 Å². The van der Waals surface area contributed by atoms with Gasteiger partial charge in [-0.2, -0.15) is 0 Å². The largest absolute Gasteiger partial charge is 0.310 e. The molecule has 0 spiro atoms. The first-order valence-electron chi connectivity index (χ1n) is 9.38.